The Hall–Kier alpha value is -3.81. The molecule has 2 aromatic carbocycles. The molecule has 142 valence electrons. The molecule has 0 radical (unpaired) electrons. The summed E-state index contributed by atoms with van der Waals surface area (Å²) in [6.07, 6.45) is 0. The Morgan fingerprint density at radius 1 is 1.04 bits per heavy atom. The van der Waals surface area contributed by atoms with E-state index in [0.717, 1.165) is 0 Å². The number of para-hydroxylation sites is 1. The maximum absolute atomic E-state index is 13.8. The van der Waals surface area contributed by atoms with Gasteiger partial charge in [-0.1, -0.05) is 12.1 Å². The third-order valence-corrected chi connectivity index (χ3v) is 4.02. The first-order valence-electron chi connectivity index (χ1n) is 8.58. The summed E-state index contributed by atoms with van der Waals surface area (Å²) in [5.41, 5.74) is 7.06. The quantitative estimate of drug-likeness (QED) is 0.640. The van der Waals surface area contributed by atoms with E-state index in [1.807, 2.05) is 0 Å². The van der Waals surface area contributed by atoms with E-state index in [2.05, 4.69) is 15.6 Å². The number of carbonyl (C=O) groups is 1. The van der Waals surface area contributed by atoms with Crippen LogP contribution in [0.3, 0.4) is 0 Å². The highest BCUT2D eigenvalue weighted by atomic mass is 19.1. The van der Waals surface area contributed by atoms with Crippen LogP contribution in [0, 0.1) is 5.82 Å². The van der Waals surface area contributed by atoms with Crippen molar-refractivity contribution in [3.63, 3.8) is 0 Å². The Balaban J connectivity index is 1.54. The second-order valence-corrected chi connectivity index (χ2v) is 6.09. The zero-order valence-electron chi connectivity index (χ0n) is 14.7. The number of carbonyl (C=O) groups excluding carboxylic acids is 1. The van der Waals surface area contributed by atoms with Crippen molar-refractivity contribution in [1.82, 2.24) is 4.98 Å². The third-order valence-electron chi connectivity index (χ3n) is 4.02. The summed E-state index contributed by atoms with van der Waals surface area (Å²) in [6, 6.07) is 14.2. The smallest absolute Gasteiger partial charge is 0.274 e. The molecule has 0 spiro atoms. The Morgan fingerprint density at radius 3 is 2.64 bits per heavy atom. The minimum Gasteiger partial charge on any atom is -0.486 e. The van der Waals surface area contributed by atoms with Gasteiger partial charge in [-0.25, -0.2) is 9.37 Å². The highest BCUT2D eigenvalue weighted by Crippen LogP contribution is 2.32. The van der Waals surface area contributed by atoms with Crippen molar-refractivity contribution >= 4 is 28.8 Å². The van der Waals surface area contributed by atoms with Gasteiger partial charge < -0.3 is 25.8 Å². The number of rotatable bonds is 4. The van der Waals surface area contributed by atoms with E-state index in [4.69, 9.17) is 15.2 Å². The lowest BCUT2D eigenvalue weighted by molar-refractivity contribution is 0.102. The summed E-state index contributed by atoms with van der Waals surface area (Å²) in [5.74, 6) is 0.557. The molecular weight excluding hydrogens is 363 g/mol. The number of anilines is 4. The first kappa shape index (κ1) is 17.6. The standard InChI is InChI=1S/C20H17FN4O3/c21-14-3-1-2-4-15(14)24-19-10-12(22)9-16(25-19)20(26)23-13-5-6-17-18(11-13)28-8-7-27-17/h1-6,9-11H,7-8H2,(H,23,26)(H3,22,24,25). The van der Waals surface area contributed by atoms with Crippen LogP contribution in [-0.4, -0.2) is 24.1 Å². The van der Waals surface area contributed by atoms with E-state index in [0.29, 0.717) is 36.1 Å². The van der Waals surface area contributed by atoms with Gasteiger partial charge in [0.25, 0.3) is 5.91 Å². The molecule has 8 heteroatoms. The second-order valence-electron chi connectivity index (χ2n) is 6.09. The van der Waals surface area contributed by atoms with Crippen molar-refractivity contribution in [3.8, 4) is 11.5 Å². The summed E-state index contributed by atoms with van der Waals surface area (Å²) >= 11 is 0. The number of hydrogen-bond acceptors (Lipinski definition) is 6. The first-order chi connectivity index (χ1) is 13.6. The fraction of sp³-hybridized carbons (Fsp3) is 0.100. The number of nitrogens with two attached hydrogens (primary N) is 1. The van der Waals surface area contributed by atoms with E-state index < -0.39 is 11.7 Å². The number of pyridine rings is 1. The SMILES string of the molecule is Nc1cc(Nc2ccccc2F)nc(C(=O)Nc2ccc3c(c2)OCCO3)c1. The van der Waals surface area contributed by atoms with Gasteiger partial charge in [0.05, 0.1) is 5.69 Å². The maximum Gasteiger partial charge on any atom is 0.274 e. The molecule has 3 aromatic rings. The van der Waals surface area contributed by atoms with Gasteiger partial charge >= 0.3 is 0 Å². The molecule has 1 aliphatic rings. The molecule has 0 atom stereocenters. The van der Waals surface area contributed by atoms with Crippen LogP contribution in [0.1, 0.15) is 10.5 Å². The number of hydrogen-bond donors (Lipinski definition) is 3. The molecule has 0 saturated heterocycles. The van der Waals surface area contributed by atoms with Gasteiger partial charge in [0.15, 0.2) is 11.5 Å². The molecule has 0 aliphatic carbocycles. The topological polar surface area (TPSA) is 98.5 Å². The van der Waals surface area contributed by atoms with Crippen LogP contribution in [0.25, 0.3) is 0 Å². The third kappa shape index (κ3) is 3.80. The number of nitrogens with zero attached hydrogens (tertiary/aromatic N) is 1. The monoisotopic (exact) mass is 380 g/mol. The van der Waals surface area contributed by atoms with Gasteiger partial charge in [-0.3, -0.25) is 4.79 Å². The minimum absolute atomic E-state index is 0.0914. The van der Waals surface area contributed by atoms with Crippen LogP contribution >= 0.6 is 0 Å². The summed E-state index contributed by atoms with van der Waals surface area (Å²) in [7, 11) is 0. The highest BCUT2D eigenvalue weighted by Gasteiger charge is 2.15. The average molecular weight is 380 g/mol. The lowest BCUT2D eigenvalue weighted by Gasteiger charge is -2.19. The van der Waals surface area contributed by atoms with Crippen molar-refractivity contribution in [3.05, 3.63) is 66.1 Å². The maximum atomic E-state index is 13.8. The molecule has 1 amide bonds. The first-order valence-corrected chi connectivity index (χ1v) is 8.58. The molecule has 7 nitrogen and oxygen atoms in total. The van der Waals surface area contributed by atoms with Crippen LogP contribution < -0.4 is 25.8 Å². The van der Waals surface area contributed by atoms with Crippen LogP contribution in [0.5, 0.6) is 11.5 Å². The Kier molecular flexibility index (Phi) is 4.67. The molecule has 0 unspecified atom stereocenters. The van der Waals surface area contributed by atoms with Gasteiger partial charge in [0.2, 0.25) is 0 Å². The molecule has 1 aromatic heterocycles. The van der Waals surface area contributed by atoms with Crippen molar-refractivity contribution in [2.24, 2.45) is 0 Å². The molecule has 4 rings (SSSR count). The summed E-state index contributed by atoms with van der Waals surface area (Å²) < 4.78 is 24.8. The lowest BCUT2D eigenvalue weighted by atomic mass is 10.2. The largest absolute Gasteiger partial charge is 0.486 e. The van der Waals surface area contributed by atoms with Crippen LogP contribution in [-0.2, 0) is 0 Å². The summed E-state index contributed by atoms with van der Waals surface area (Å²) in [4.78, 5) is 16.8. The molecule has 28 heavy (non-hydrogen) atoms. The molecule has 1 aliphatic heterocycles. The highest BCUT2D eigenvalue weighted by molar-refractivity contribution is 6.03. The number of halogens is 1. The molecular formula is C20H17FN4O3. The molecule has 2 heterocycles. The van der Waals surface area contributed by atoms with Gasteiger partial charge in [0.1, 0.15) is 30.5 Å². The van der Waals surface area contributed by atoms with Gasteiger partial charge in [-0.15, -0.1) is 0 Å². The van der Waals surface area contributed by atoms with Gasteiger partial charge in [-0.2, -0.15) is 0 Å². The number of nitrogen functional groups attached to an aromatic ring is 1. The van der Waals surface area contributed by atoms with Crippen LogP contribution in [0.4, 0.5) is 27.3 Å². The predicted molar refractivity (Wildman–Crippen MR) is 104 cm³/mol. The fourth-order valence-corrected chi connectivity index (χ4v) is 2.75. The Morgan fingerprint density at radius 2 is 1.82 bits per heavy atom. The van der Waals surface area contributed by atoms with Gasteiger partial charge in [0, 0.05) is 23.5 Å². The number of aromatic nitrogens is 1. The van der Waals surface area contributed by atoms with E-state index >= 15 is 0 Å². The number of nitrogens with one attached hydrogen (secondary N) is 2. The van der Waals surface area contributed by atoms with E-state index in [1.54, 1.807) is 36.4 Å². The van der Waals surface area contributed by atoms with Crippen LogP contribution in [0.15, 0.2) is 54.6 Å². The average Bonchev–Trinajstić information content (AvgIpc) is 2.69. The van der Waals surface area contributed by atoms with Crippen molar-refractivity contribution in [1.29, 1.82) is 0 Å². The Labute approximate surface area is 160 Å². The van der Waals surface area contributed by atoms with Crippen molar-refractivity contribution < 1.29 is 18.7 Å². The summed E-state index contributed by atoms with van der Waals surface area (Å²) in [6.45, 7) is 0.940. The van der Waals surface area contributed by atoms with E-state index in [-0.39, 0.29) is 17.2 Å². The van der Waals surface area contributed by atoms with Crippen molar-refractivity contribution in [2.45, 2.75) is 0 Å². The summed E-state index contributed by atoms with van der Waals surface area (Å²) in [5, 5.41) is 5.57. The second kappa shape index (κ2) is 7.43. The fourth-order valence-electron chi connectivity index (χ4n) is 2.75. The molecule has 0 saturated carbocycles. The van der Waals surface area contributed by atoms with E-state index in [9.17, 15) is 9.18 Å². The van der Waals surface area contributed by atoms with Gasteiger partial charge in [-0.05, 0) is 30.3 Å². The number of fused-ring (bicyclic) bond motifs is 1. The molecule has 0 fully saturated rings. The number of benzene rings is 2. The zero-order valence-corrected chi connectivity index (χ0v) is 14.7. The predicted octanol–water partition coefficient (Wildman–Crippen LogP) is 3.57. The number of amides is 1. The van der Waals surface area contributed by atoms with Crippen LogP contribution in [0.2, 0.25) is 0 Å². The van der Waals surface area contributed by atoms with E-state index in [1.165, 1.54) is 18.2 Å². The molecule has 0 bridgehead atoms. The number of ether oxygens (including phenoxy) is 2. The minimum atomic E-state index is -0.458. The Bertz CT molecular complexity index is 1040. The normalized spacial score (nSPS) is 12.3. The zero-order chi connectivity index (χ0) is 19.5. The molecule has 4 N–H and O–H groups in total. The van der Waals surface area contributed by atoms with Crippen molar-refractivity contribution in [2.75, 3.05) is 29.6 Å². The lowest BCUT2D eigenvalue weighted by Crippen LogP contribution is -2.17.